The van der Waals surface area contributed by atoms with E-state index in [0.717, 1.165) is 37.6 Å². The monoisotopic (exact) mass is 222 g/mol. The number of anilines is 1. The molecule has 0 amide bonds. The first-order chi connectivity index (χ1) is 7.74. The number of nitrogens with one attached hydrogen (secondary N) is 1. The lowest BCUT2D eigenvalue weighted by Crippen LogP contribution is -2.49. The molecule has 1 aromatic heterocycles. The van der Waals surface area contributed by atoms with Gasteiger partial charge in [-0.05, 0) is 19.8 Å². The Balaban J connectivity index is 2.11. The number of hydrogen-bond donors (Lipinski definition) is 2. The van der Waals surface area contributed by atoms with Crippen LogP contribution in [-0.2, 0) is 4.74 Å². The highest BCUT2D eigenvalue weighted by atomic mass is 16.5. The van der Waals surface area contributed by atoms with E-state index in [1.165, 1.54) is 0 Å². The Morgan fingerprint density at radius 2 is 2.19 bits per heavy atom. The molecule has 2 heterocycles. The Morgan fingerprint density at radius 1 is 1.44 bits per heavy atom. The molecule has 1 aromatic rings. The van der Waals surface area contributed by atoms with E-state index in [4.69, 9.17) is 10.5 Å². The van der Waals surface area contributed by atoms with Gasteiger partial charge >= 0.3 is 0 Å². The fourth-order valence-corrected chi connectivity index (χ4v) is 1.94. The number of ether oxygens (including phenoxy) is 1. The molecule has 0 spiro atoms. The van der Waals surface area contributed by atoms with Crippen molar-refractivity contribution >= 4 is 5.82 Å². The summed E-state index contributed by atoms with van der Waals surface area (Å²) in [6.45, 7) is 4.06. The highest BCUT2D eigenvalue weighted by molar-refractivity contribution is 5.38. The number of rotatable bonds is 3. The summed E-state index contributed by atoms with van der Waals surface area (Å²) >= 11 is 0. The zero-order chi connectivity index (χ0) is 11.4. The third kappa shape index (κ3) is 2.48. The van der Waals surface area contributed by atoms with Crippen LogP contribution in [0.3, 0.4) is 0 Å². The number of aryl methyl sites for hydroxylation is 1. The van der Waals surface area contributed by atoms with Crippen LogP contribution in [0.2, 0.25) is 0 Å². The van der Waals surface area contributed by atoms with Gasteiger partial charge in [-0.1, -0.05) is 0 Å². The lowest BCUT2D eigenvalue weighted by atomic mass is 9.90. The summed E-state index contributed by atoms with van der Waals surface area (Å²) in [7, 11) is 0. The molecule has 16 heavy (non-hydrogen) atoms. The van der Waals surface area contributed by atoms with Gasteiger partial charge in [0.15, 0.2) is 0 Å². The Hall–Kier alpha value is -1.20. The molecule has 0 unspecified atom stereocenters. The van der Waals surface area contributed by atoms with Crippen LogP contribution in [0.5, 0.6) is 0 Å². The van der Waals surface area contributed by atoms with Gasteiger partial charge in [0.05, 0.1) is 5.54 Å². The molecule has 3 N–H and O–H groups in total. The van der Waals surface area contributed by atoms with Crippen molar-refractivity contribution in [1.29, 1.82) is 0 Å². The second-order valence-electron chi connectivity index (χ2n) is 4.27. The molecule has 1 aliphatic rings. The van der Waals surface area contributed by atoms with E-state index < -0.39 is 0 Å². The van der Waals surface area contributed by atoms with Gasteiger partial charge in [-0.25, -0.2) is 9.97 Å². The van der Waals surface area contributed by atoms with Crippen LogP contribution in [0.15, 0.2) is 12.4 Å². The quantitative estimate of drug-likeness (QED) is 0.787. The number of nitrogens with zero attached hydrogens (tertiary/aromatic N) is 2. The van der Waals surface area contributed by atoms with E-state index in [-0.39, 0.29) is 5.54 Å². The third-order valence-electron chi connectivity index (χ3n) is 3.04. The summed E-state index contributed by atoms with van der Waals surface area (Å²) in [5.41, 5.74) is 6.75. The van der Waals surface area contributed by atoms with Crippen LogP contribution in [-0.4, -0.2) is 35.3 Å². The van der Waals surface area contributed by atoms with Crippen LogP contribution in [0, 0.1) is 6.92 Å². The van der Waals surface area contributed by atoms with E-state index >= 15 is 0 Å². The van der Waals surface area contributed by atoms with Crippen molar-refractivity contribution in [3.8, 4) is 0 Å². The first-order valence-electron chi connectivity index (χ1n) is 5.59. The number of hydrogen-bond acceptors (Lipinski definition) is 5. The van der Waals surface area contributed by atoms with Gasteiger partial charge < -0.3 is 15.8 Å². The van der Waals surface area contributed by atoms with Crippen molar-refractivity contribution in [3.63, 3.8) is 0 Å². The molecule has 5 nitrogen and oxygen atoms in total. The average Bonchev–Trinajstić information content (AvgIpc) is 2.30. The maximum absolute atomic E-state index is 5.86. The fraction of sp³-hybridized carbons (Fsp3) is 0.636. The summed E-state index contributed by atoms with van der Waals surface area (Å²) in [6.07, 6.45) is 3.42. The fourth-order valence-electron chi connectivity index (χ4n) is 1.94. The second-order valence-corrected chi connectivity index (χ2v) is 4.27. The van der Waals surface area contributed by atoms with Crippen molar-refractivity contribution in [2.45, 2.75) is 25.3 Å². The number of aromatic nitrogens is 2. The summed E-state index contributed by atoms with van der Waals surface area (Å²) < 4.78 is 5.36. The van der Waals surface area contributed by atoms with E-state index in [0.29, 0.717) is 6.54 Å². The van der Waals surface area contributed by atoms with Crippen molar-refractivity contribution in [1.82, 2.24) is 9.97 Å². The van der Waals surface area contributed by atoms with Crippen molar-refractivity contribution in [3.05, 3.63) is 18.1 Å². The van der Waals surface area contributed by atoms with E-state index in [2.05, 4.69) is 15.3 Å². The van der Waals surface area contributed by atoms with Gasteiger partial charge in [0.25, 0.3) is 0 Å². The lowest BCUT2D eigenvalue weighted by Gasteiger charge is -2.37. The highest BCUT2D eigenvalue weighted by Gasteiger charge is 2.31. The van der Waals surface area contributed by atoms with E-state index in [1.807, 2.05) is 13.0 Å². The van der Waals surface area contributed by atoms with Crippen LogP contribution in [0.4, 0.5) is 5.82 Å². The summed E-state index contributed by atoms with van der Waals surface area (Å²) in [5.74, 6) is 0.847. The minimum Gasteiger partial charge on any atom is -0.381 e. The van der Waals surface area contributed by atoms with Gasteiger partial charge in [0.2, 0.25) is 0 Å². The van der Waals surface area contributed by atoms with E-state index in [9.17, 15) is 0 Å². The van der Waals surface area contributed by atoms with Gasteiger partial charge in [0, 0.05) is 31.5 Å². The Bertz CT molecular complexity index is 350. The van der Waals surface area contributed by atoms with Crippen LogP contribution >= 0.6 is 0 Å². The third-order valence-corrected chi connectivity index (χ3v) is 3.04. The summed E-state index contributed by atoms with van der Waals surface area (Å²) in [4.78, 5) is 8.28. The zero-order valence-electron chi connectivity index (χ0n) is 9.57. The van der Waals surface area contributed by atoms with Gasteiger partial charge in [0.1, 0.15) is 12.1 Å². The normalized spacial score (nSPS) is 19.4. The molecule has 1 saturated heterocycles. The van der Waals surface area contributed by atoms with Crippen molar-refractivity contribution in [2.75, 3.05) is 25.1 Å². The molecule has 0 saturated carbocycles. The summed E-state index contributed by atoms with van der Waals surface area (Å²) in [5, 5.41) is 3.43. The first kappa shape index (κ1) is 11.3. The zero-order valence-corrected chi connectivity index (χ0v) is 9.57. The maximum atomic E-state index is 5.86. The molecule has 5 heteroatoms. The van der Waals surface area contributed by atoms with Crippen LogP contribution in [0.25, 0.3) is 0 Å². The number of nitrogens with two attached hydrogens (primary N) is 1. The molecule has 88 valence electrons. The lowest BCUT2D eigenvalue weighted by molar-refractivity contribution is 0.0627. The molecular weight excluding hydrogens is 204 g/mol. The smallest absolute Gasteiger partial charge is 0.130 e. The molecule has 0 atom stereocenters. The van der Waals surface area contributed by atoms with Crippen LogP contribution < -0.4 is 11.1 Å². The second kappa shape index (κ2) is 4.76. The molecule has 0 aromatic carbocycles. The minimum atomic E-state index is -0.0704. The molecule has 2 rings (SSSR count). The van der Waals surface area contributed by atoms with Gasteiger partial charge in [-0.15, -0.1) is 0 Å². The standard InChI is InChI=1S/C11H18N4O/c1-9-6-10(14-8-13-9)15-11(7-12)2-4-16-5-3-11/h6,8H,2-5,7,12H2,1H3,(H,13,14,15). The average molecular weight is 222 g/mol. The van der Waals surface area contributed by atoms with Gasteiger partial charge in [-0.3, -0.25) is 0 Å². The predicted molar refractivity (Wildman–Crippen MR) is 62.2 cm³/mol. The minimum absolute atomic E-state index is 0.0704. The molecule has 0 bridgehead atoms. The maximum Gasteiger partial charge on any atom is 0.130 e. The SMILES string of the molecule is Cc1cc(NC2(CN)CCOCC2)ncn1. The predicted octanol–water partition coefficient (Wildman–Crippen LogP) is 0.705. The molecule has 0 radical (unpaired) electrons. The first-order valence-corrected chi connectivity index (χ1v) is 5.59. The van der Waals surface area contributed by atoms with Crippen LogP contribution in [0.1, 0.15) is 18.5 Å². The topological polar surface area (TPSA) is 73.1 Å². The van der Waals surface area contributed by atoms with Crippen molar-refractivity contribution < 1.29 is 4.74 Å². The molecular formula is C11H18N4O. The Labute approximate surface area is 95.4 Å². The Morgan fingerprint density at radius 3 is 2.81 bits per heavy atom. The van der Waals surface area contributed by atoms with Gasteiger partial charge in [-0.2, -0.15) is 0 Å². The summed E-state index contributed by atoms with van der Waals surface area (Å²) in [6, 6.07) is 1.94. The largest absolute Gasteiger partial charge is 0.381 e. The molecule has 1 aliphatic heterocycles. The Kier molecular flexibility index (Phi) is 3.36. The molecule has 1 fully saturated rings. The van der Waals surface area contributed by atoms with E-state index in [1.54, 1.807) is 6.33 Å². The highest BCUT2D eigenvalue weighted by Crippen LogP contribution is 2.23. The molecule has 0 aliphatic carbocycles. The van der Waals surface area contributed by atoms with Crippen molar-refractivity contribution in [2.24, 2.45) is 5.73 Å².